The number of halogens is 2. The highest BCUT2D eigenvalue weighted by molar-refractivity contribution is 5.92. The number of benzene rings is 1. The molecule has 1 amide bonds. The van der Waals surface area contributed by atoms with Crippen molar-refractivity contribution < 1.29 is 18.7 Å². The van der Waals surface area contributed by atoms with Crippen molar-refractivity contribution in [3.8, 4) is 0 Å². The van der Waals surface area contributed by atoms with Crippen molar-refractivity contribution >= 4 is 11.6 Å². The van der Waals surface area contributed by atoms with E-state index in [1.165, 1.54) is 0 Å². The molecular formula is C14H18F2N2O2. The van der Waals surface area contributed by atoms with Crippen LogP contribution in [0.3, 0.4) is 0 Å². The molecule has 0 spiro atoms. The molecule has 0 saturated carbocycles. The van der Waals surface area contributed by atoms with Gasteiger partial charge in [0, 0.05) is 24.8 Å². The minimum Gasteiger partial charge on any atom is -0.393 e. The Kier molecular flexibility index (Phi) is 4.67. The van der Waals surface area contributed by atoms with Gasteiger partial charge in [-0.15, -0.1) is 0 Å². The van der Waals surface area contributed by atoms with Crippen LogP contribution < -0.4 is 5.32 Å². The molecule has 110 valence electrons. The predicted molar refractivity (Wildman–Crippen MR) is 71.2 cm³/mol. The summed E-state index contributed by atoms with van der Waals surface area (Å²) in [5.41, 5.74) is 0.109. The summed E-state index contributed by atoms with van der Waals surface area (Å²) in [7, 11) is 0. The van der Waals surface area contributed by atoms with Gasteiger partial charge in [0.25, 0.3) is 0 Å². The smallest absolute Gasteiger partial charge is 0.238 e. The van der Waals surface area contributed by atoms with Crippen molar-refractivity contribution in [1.82, 2.24) is 4.90 Å². The maximum atomic E-state index is 13.0. The van der Waals surface area contributed by atoms with Crippen LogP contribution in [0.1, 0.15) is 13.3 Å². The molecule has 1 heterocycles. The summed E-state index contributed by atoms with van der Waals surface area (Å²) in [5.74, 6) is -1.66. The van der Waals surface area contributed by atoms with Crippen molar-refractivity contribution in [3.05, 3.63) is 29.8 Å². The van der Waals surface area contributed by atoms with E-state index in [9.17, 15) is 18.7 Å². The standard InChI is InChI=1S/C14H18F2N2O2/c1-9-7-18(3-2-13(9)19)8-14(20)17-12-5-10(15)4-11(16)6-12/h4-6,9,13,19H,2-3,7-8H2,1H3,(H,17,20). The third-order valence-electron chi connectivity index (χ3n) is 3.46. The summed E-state index contributed by atoms with van der Waals surface area (Å²) < 4.78 is 26.0. The first kappa shape index (κ1) is 14.9. The van der Waals surface area contributed by atoms with Crippen LogP contribution in [0, 0.1) is 17.6 Å². The van der Waals surface area contributed by atoms with Gasteiger partial charge in [0.15, 0.2) is 0 Å². The van der Waals surface area contributed by atoms with Gasteiger partial charge in [-0.05, 0) is 24.5 Å². The number of aliphatic hydroxyl groups is 1. The Morgan fingerprint density at radius 3 is 2.65 bits per heavy atom. The topological polar surface area (TPSA) is 52.6 Å². The number of aliphatic hydroxyl groups excluding tert-OH is 1. The normalized spacial score (nSPS) is 23.6. The monoisotopic (exact) mass is 284 g/mol. The average Bonchev–Trinajstić information content (AvgIpc) is 2.32. The van der Waals surface area contributed by atoms with Crippen LogP contribution in [0.25, 0.3) is 0 Å². The van der Waals surface area contributed by atoms with Crippen molar-refractivity contribution in [2.75, 3.05) is 25.0 Å². The second-order valence-corrected chi connectivity index (χ2v) is 5.27. The Balaban J connectivity index is 1.89. The average molecular weight is 284 g/mol. The molecule has 2 atom stereocenters. The molecule has 1 aliphatic heterocycles. The highest BCUT2D eigenvalue weighted by Gasteiger charge is 2.25. The van der Waals surface area contributed by atoms with E-state index in [1.807, 2.05) is 11.8 Å². The van der Waals surface area contributed by atoms with E-state index < -0.39 is 11.6 Å². The number of piperidine rings is 1. The summed E-state index contributed by atoms with van der Waals surface area (Å²) >= 11 is 0. The molecule has 1 fully saturated rings. The lowest BCUT2D eigenvalue weighted by Crippen LogP contribution is -2.45. The van der Waals surface area contributed by atoms with Crippen molar-refractivity contribution in [1.29, 1.82) is 0 Å². The molecule has 4 nitrogen and oxygen atoms in total. The van der Waals surface area contributed by atoms with E-state index in [1.54, 1.807) is 0 Å². The predicted octanol–water partition coefficient (Wildman–Crippen LogP) is 1.61. The minimum atomic E-state index is -0.727. The Morgan fingerprint density at radius 2 is 2.05 bits per heavy atom. The number of carbonyl (C=O) groups is 1. The van der Waals surface area contributed by atoms with E-state index in [4.69, 9.17) is 0 Å². The zero-order chi connectivity index (χ0) is 14.7. The van der Waals surface area contributed by atoms with E-state index in [2.05, 4.69) is 5.32 Å². The quantitative estimate of drug-likeness (QED) is 0.886. The van der Waals surface area contributed by atoms with Gasteiger partial charge in [0.2, 0.25) is 5.91 Å². The van der Waals surface area contributed by atoms with Gasteiger partial charge >= 0.3 is 0 Å². The summed E-state index contributed by atoms with van der Waals surface area (Å²) in [6.45, 7) is 3.34. The first-order valence-electron chi connectivity index (χ1n) is 6.60. The molecule has 0 bridgehead atoms. The molecule has 2 N–H and O–H groups in total. The largest absolute Gasteiger partial charge is 0.393 e. The highest BCUT2D eigenvalue weighted by Crippen LogP contribution is 2.17. The van der Waals surface area contributed by atoms with Crippen LogP contribution in [-0.2, 0) is 4.79 Å². The van der Waals surface area contributed by atoms with Crippen LogP contribution in [0.5, 0.6) is 0 Å². The SMILES string of the molecule is CC1CN(CC(=O)Nc2cc(F)cc(F)c2)CCC1O. The summed E-state index contributed by atoms with van der Waals surface area (Å²) in [4.78, 5) is 13.8. The molecule has 2 unspecified atom stereocenters. The lowest BCUT2D eigenvalue weighted by molar-refractivity contribution is -0.118. The van der Waals surface area contributed by atoms with Crippen LogP contribution >= 0.6 is 0 Å². The van der Waals surface area contributed by atoms with Gasteiger partial charge in [0.05, 0.1) is 12.6 Å². The molecule has 2 rings (SSSR count). The highest BCUT2D eigenvalue weighted by atomic mass is 19.1. The van der Waals surface area contributed by atoms with Gasteiger partial charge in [-0.2, -0.15) is 0 Å². The lowest BCUT2D eigenvalue weighted by Gasteiger charge is -2.33. The third kappa shape index (κ3) is 3.98. The number of carbonyl (C=O) groups excluding carboxylic acids is 1. The van der Waals surface area contributed by atoms with Gasteiger partial charge in [-0.3, -0.25) is 9.69 Å². The lowest BCUT2D eigenvalue weighted by atomic mass is 9.97. The molecule has 0 aromatic heterocycles. The molecule has 1 saturated heterocycles. The maximum Gasteiger partial charge on any atom is 0.238 e. The first-order chi connectivity index (χ1) is 9.44. The summed E-state index contributed by atoms with van der Waals surface area (Å²) in [6, 6.07) is 2.90. The number of nitrogens with one attached hydrogen (secondary N) is 1. The zero-order valence-electron chi connectivity index (χ0n) is 11.3. The maximum absolute atomic E-state index is 13.0. The number of rotatable bonds is 3. The van der Waals surface area contributed by atoms with E-state index in [0.717, 1.165) is 18.2 Å². The zero-order valence-corrected chi connectivity index (χ0v) is 11.3. The van der Waals surface area contributed by atoms with Gasteiger partial charge in [0.1, 0.15) is 11.6 Å². The number of nitrogens with zero attached hydrogens (tertiary/aromatic N) is 1. The van der Waals surface area contributed by atoms with E-state index in [0.29, 0.717) is 19.5 Å². The van der Waals surface area contributed by atoms with Crippen molar-refractivity contribution in [3.63, 3.8) is 0 Å². The second-order valence-electron chi connectivity index (χ2n) is 5.27. The molecule has 0 aliphatic carbocycles. The van der Waals surface area contributed by atoms with Gasteiger partial charge < -0.3 is 10.4 Å². The second kappa shape index (κ2) is 6.28. The molecule has 6 heteroatoms. The molecule has 1 aromatic rings. The molecule has 20 heavy (non-hydrogen) atoms. The number of hydrogen-bond acceptors (Lipinski definition) is 3. The molecule has 1 aliphatic rings. The number of likely N-dealkylation sites (tertiary alicyclic amines) is 1. The molecule has 0 radical (unpaired) electrons. The summed E-state index contributed by atoms with van der Waals surface area (Å²) in [6.07, 6.45) is 0.301. The fourth-order valence-corrected chi connectivity index (χ4v) is 2.39. The number of hydrogen-bond donors (Lipinski definition) is 2. The fourth-order valence-electron chi connectivity index (χ4n) is 2.39. The molecule has 1 aromatic carbocycles. The number of amides is 1. The van der Waals surface area contributed by atoms with Crippen molar-refractivity contribution in [2.45, 2.75) is 19.4 Å². The van der Waals surface area contributed by atoms with Crippen LogP contribution in [0.2, 0.25) is 0 Å². The number of anilines is 1. The summed E-state index contributed by atoms with van der Waals surface area (Å²) in [5, 5.41) is 12.1. The Hall–Kier alpha value is -1.53. The van der Waals surface area contributed by atoms with Crippen LogP contribution in [0.4, 0.5) is 14.5 Å². The Labute approximate surface area is 116 Å². The van der Waals surface area contributed by atoms with E-state index in [-0.39, 0.29) is 30.2 Å². The minimum absolute atomic E-state index is 0.109. The van der Waals surface area contributed by atoms with Crippen LogP contribution in [0.15, 0.2) is 18.2 Å². The van der Waals surface area contributed by atoms with Crippen molar-refractivity contribution in [2.24, 2.45) is 5.92 Å². The van der Waals surface area contributed by atoms with Gasteiger partial charge in [-0.25, -0.2) is 8.78 Å². The van der Waals surface area contributed by atoms with E-state index >= 15 is 0 Å². The molecular weight excluding hydrogens is 266 g/mol. The first-order valence-corrected chi connectivity index (χ1v) is 6.60. The van der Waals surface area contributed by atoms with Gasteiger partial charge in [-0.1, -0.05) is 6.92 Å². The Bertz CT molecular complexity index is 476. The fraction of sp³-hybridized carbons (Fsp3) is 0.500. The van der Waals surface area contributed by atoms with Crippen LogP contribution in [-0.4, -0.2) is 41.7 Å². The third-order valence-corrected chi connectivity index (χ3v) is 3.46. The Morgan fingerprint density at radius 1 is 1.40 bits per heavy atom.